The third-order valence-corrected chi connectivity index (χ3v) is 2.33. The summed E-state index contributed by atoms with van der Waals surface area (Å²) >= 11 is 0. The molecule has 17 heavy (non-hydrogen) atoms. The van der Waals surface area contributed by atoms with Gasteiger partial charge in [-0.1, -0.05) is 12.1 Å². The molecule has 2 aromatic rings. The van der Waals surface area contributed by atoms with Gasteiger partial charge in [0.15, 0.2) is 5.75 Å². The molecule has 0 amide bonds. The van der Waals surface area contributed by atoms with Gasteiger partial charge in [0.1, 0.15) is 18.3 Å². The predicted octanol–water partition coefficient (Wildman–Crippen LogP) is 2.72. The highest BCUT2D eigenvalue weighted by Gasteiger charge is 2.14. The predicted molar refractivity (Wildman–Crippen MR) is 62.9 cm³/mol. The average Bonchev–Trinajstić information content (AvgIpc) is 2.73. The molecule has 0 aliphatic carbocycles. The molecular formula is C13H13NO3. The van der Waals surface area contributed by atoms with E-state index in [4.69, 9.17) is 19.2 Å². The van der Waals surface area contributed by atoms with Crippen molar-refractivity contribution in [3.8, 4) is 11.8 Å². The van der Waals surface area contributed by atoms with E-state index in [2.05, 4.69) is 0 Å². The highest BCUT2D eigenvalue weighted by molar-refractivity contribution is 5.86. The Morgan fingerprint density at radius 1 is 1.29 bits per heavy atom. The number of nitriles is 1. The highest BCUT2D eigenvalue weighted by atomic mass is 16.5. The lowest BCUT2D eigenvalue weighted by molar-refractivity contribution is 0.110. The summed E-state index contributed by atoms with van der Waals surface area (Å²) < 4.78 is 16.1. The zero-order valence-electron chi connectivity index (χ0n) is 9.60. The van der Waals surface area contributed by atoms with Crippen molar-refractivity contribution in [2.24, 2.45) is 0 Å². The summed E-state index contributed by atoms with van der Waals surface area (Å²) in [5.41, 5.74) is 0.662. The maximum absolute atomic E-state index is 8.97. The van der Waals surface area contributed by atoms with Crippen LogP contribution < -0.4 is 4.74 Å². The van der Waals surface area contributed by atoms with E-state index >= 15 is 0 Å². The second-order valence-electron chi connectivity index (χ2n) is 3.41. The molecule has 4 nitrogen and oxygen atoms in total. The Morgan fingerprint density at radius 3 is 2.88 bits per heavy atom. The maximum Gasteiger partial charge on any atom is 0.246 e. The molecule has 88 valence electrons. The lowest BCUT2D eigenvalue weighted by atomic mass is 10.2. The Kier molecular flexibility index (Phi) is 3.63. The topological polar surface area (TPSA) is 55.4 Å². The van der Waals surface area contributed by atoms with Gasteiger partial charge in [0.2, 0.25) is 5.76 Å². The number of benzene rings is 1. The molecule has 0 fully saturated rings. The van der Waals surface area contributed by atoms with Gasteiger partial charge >= 0.3 is 0 Å². The molecule has 0 spiro atoms. The average molecular weight is 231 g/mol. The summed E-state index contributed by atoms with van der Waals surface area (Å²) in [6.45, 7) is 3.49. The number of hydrogen-bond donors (Lipinski definition) is 0. The number of ether oxygens (including phenoxy) is 2. The molecule has 0 bridgehead atoms. The van der Waals surface area contributed by atoms with Gasteiger partial charge in [-0.15, -0.1) is 0 Å². The molecule has 0 saturated carbocycles. The van der Waals surface area contributed by atoms with Gasteiger partial charge in [0, 0.05) is 6.61 Å². The molecule has 0 radical (unpaired) electrons. The van der Waals surface area contributed by atoms with Crippen molar-refractivity contribution in [3.05, 3.63) is 30.0 Å². The van der Waals surface area contributed by atoms with E-state index in [9.17, 15) is 0 Å². The summed E-state index contributed by atoms with van der Waals surface area (Å²) in [5.74, 6) is 0.713. The Hall–Kier alpha value is -1.99. The van der Waals surface area contributed by atoms with Gasteiger partial charge in [0.25, 0.3) is 0 Å². The molecule has 1 aromatic carbocycles. The Labute approximate surface area is 99.4 Å². The quantitative estimate of drug-likeness (QED) is 0.742. The van der Waals surface area contributed by atoms with Gasteiger partial charge < -0.3 is 13.9 Å². The van der Waals surface area contributed by atoms with E-state index < -0.39 is 0 Å². The van der Waals surface area contributed by atoms with Crippen molar-refractivity contribution in [1.29, 1.82) is 5.26 Å². The van der Waals surface area contributed by atoms with Gasteiger partial charge in [-0.25, -0.2) is 0 Å². The number of rotatable bonds is 5. The number of nitrogens with zero attached hydrogens (tertiary/aromatic N) is 1. The second kappa shape index (κ2) is 5.37. The first-order chi connectivity index (χ1) is 8.36. The van der Waals surface area contributed by atoms with Crippen molar-refractivity contribution in [2.45, 2.75) is 6.92 Å². The molecule has 2 rings (SSSR count). The summed E-state index contributed by atoms with van der Waals surface area (Å²) in [6, 6.07) is 9.42. The van der Waals surface area contributed by atoms with Crippen molar-refractivity contribution in [3.63, 3.8) is 0 Å². The minimum atomic E-state index is 0.211. The van der Waals surface area contributed by atoms with Crippen LogP contribution in [0.15, 0.2) is 28.7 Å². The molecular weight excluding hydrogens is 218 g/mol. The smallest absolute Gasteiger partial charge is 0.246 e. The minimum absolute atomic E-state index is 0.211. The van der Waals surface area contributed by atoms with E-state index in [1.54, 1.807) is 0 Å². The van der Waals surface area contributed by atoms with Crippen LogP contribution in [0.25, 0.3) is 11.0 Å². The zero-order chi connectivity index (χ0) is 12.1. The summed E-state index contributed by atoms with van der Waals surface area (Å²) in [7, 11) is 0. The van der Waals surface area contributed by atoms with Crippen molar-refractivity contribution < 1.29 is 13.9 Å². The maximum atomic E-state index is 8.97. The molecule has 0 atom stereocenters. The fraction of sp³-hybridized carbons (Fsp3) is 0.308. The first-order valence-electron chi connectivity index (χ1n) is 5.49. The van der Waals surface area contributed by atoms with E-state index in [1.165, 1.54) is 0 Å². The standard InChI is InChI=1S/C13H13NO3/c1-2-15-7-8-16-13-10-5-3-4-6-11(10)17-12(13)9-14/h3-6H,2,7-8H2,1H3. The van der Waals surface area contributed by atoms with Crippen LogP contribution in [0.3, 0.4) is 0 Å². The van der Waals surface area contributed by atoms with Gasteiger partial charge in [-0.3, -0.25) is 0 Å². The van der Waals surface area contributed by atoms with Crippen LogP contribution in [0, 0.1) is 11.3 Å². The normalized spacial score (nSPS) is 10.4. The molecule has 0 saturated heterocycles. The zero-order valence-corrected chi connectivity index (χ0v) is 9.60. The van der Waals surface area contributed by atoms with Gasteiger partial charge in [-0.05, 0) is 19.1 Å². The van der Waals surface area contributed by atoms with E-state index in [-0.39, 0.29) is 5.76 Å². The monoisotopic (exact) mass is 231 g/mol. The third kappa shape index (κ3) is 2.40. The van der Waals surface area contributed by atoms with Gasteiger partial charge in [-0.2, -0.15) is 5.26 Å². The second-order valence-corrected chi connectivity index (χ2v) is 3.41. The van der Waals surface area contributed by atoms with Crippen LogP contribution in [0.4, 0.5) is 0 Å². The Bertz CT molecular complexity index is 539. The number of para-hydroxylation sites is 1. The van der Waals surface area contributed by atoms with E-state index in [0.29, 0.717) is 31.2 Å². The number of hydrogen-bond acceptors (Lipinski definition) is 4. The van der Waals surface area contributed by atoms with Gasteiger partial charge in [0.05, 0.1) is 12.0 Å². The summed E-state index contributed by atoms with van der Waals surface area (Å²) in [4.78, 5) is 0. The molecule has 4 heteroatoms. The van der Waals surface area contributed by atoms with E-state index in [1.807, 2.05) is 37.3 Å². The summed E-state index contributed by atoms with van der Waals surface area (Å²) in [5, 5.41) is 9.79. The number of fused-ring (bicyclic) bond motifs is 1. The third-order valence-electron chi connectivity index (χ3n) is 2.33. The molecule has 0 aliphatic rings. The Balaban J connectivity index is 2.22. The SMILES string of the molecule is CCOCCOc1c(C#N)oc2ccccc12. The van der Waals surface area contributed by atoms with Crippen molar-refractivity contribution in [2.75, 3.05) is 19.8 Å². The summed E-state index contributed by atoms with van der Waals surface area (Å²) in [6.07, 6.45) is 0. The molecule has 0 aliphatic heterocycles. The molecule has 0 unspecified atom stereocenters. The molecule has 0 N–H and O–H groups in total. The number of furan rings is 1. The first-order valence-corrected chi connectivity index (χ1v) is 5.49. The van der Waals surface area contributed by atoms with Crippen LogP contribution in [0.1, 0.15) is 12.7 Å². The minimum Gasteiger partial charge on any atom is -0.486 e. The lowest BCUT2D eigenvalue weighted by Crippen LogP contribution is -2.06. The molecule has 1 heterocycles. The fourth-order valence-electron chi connectivity index (χ4n) is 1.59. The van der Waals surface area contributed by atoms with Crippen molar-refractivity contribution >= 4 is 11.0 Å². The lowest BCUT2D eigenvalue weighted by Gasteiger charge is -2.04. The van der Waals surface area contributed by atoms with Crippen LogP contribution in [0.5, 0.6) is 5.75 Å². The fourth-order valence-corrected chi connectivity index (χ4v) is 1.59. The van der Waals surface area contributed by atoms with Crippen LogP contribution >= 0.6 is 0 Å². The highest BCUT2D eigenvalue weighted by Crippen LogP contribution is 2.32. The van der Waals surface area contributed by atoms with Crippen LogP contribution in [-0.2, 0) is 4.74 Å². The first kappa shape index (κ1) is 11.5. The van der Waals surface area contributed by atoms with Crippen LogP contribution in [0.2, 0.25) is 0 Å². The Morgan fingerprint density at radius 2 is 2.12 bits per heavy atom. The largest absolute Gasteiger partial charge is 0.486 e. The van der Waals surface area contributed by atoms with Crippen molar-refractivity contribution in [1.82, 2.24) is 0 Å². The van der Waals surface area contributed by atoms with Crippen LogP contribution in [-0.4, -0.2) is 19.8 Å². The molecule has 1 aromatic heterocycles. The van der Waals surface area contributed by atoms with E-state index in [0.717, 1.165) is 5.39 Å².